The average molecular weight is 326 g/mol. The van der Waals surface area contributed by atoms with Crippen LogP contribution in [0.4, 0.5) is 0 Å². The predicted molar refractivity (Wildman–Crippen MR) is 94.8 cm³/mol. The number of rotatable bonds is 5. The average Bonchev–Trinajstić information content (AvgIpc) is 3.09. The molecule has 0 unspecified atom stereocenters. The highest BCUT2D eigenvalue weighted by Crippen LogP contribution is 2.23. The molecule has 1 aliphatic heterocycles. The minimum atomic E-state index is 0.193. The van der Waals surface area contributed by atoms with E-state index in [0.717, 1.165) is 30.6 Å². The van der Waals surface area contributed by atoms with Crippen LogP contribution in [0.2, 0.25) is 0 Å². The molecule has 3 rings (SSSR count). The summed E-state index contributed by atoms with van der Waals surface area (Å²) in [7, 11) is 0. The van der Waals surface area contributed by atoms with Crippen molar-refractivity contribution in [2.45, 2.75) is 38.6 Å². The number of amides is 1. The summed E-state index contributed by atoms with van der Waals surface area (Å²) in [5.74, 6) is 0.706. The summed E-state index contributed by atoms with van der Waals surface area (Å²) in [5.41, 5.74) is 8.01. The number of hydrogen-bond acceptors (Lipinski definition) is 3. The van der Waals surface area contributed by atoms with Crippen LogP contribution < -0.4 is 5.73 Å². The molecule has 2 heterocycles. The van der Waals surface area contributed by atoms with Gasteiger partial charge in [-0.2, -0.15) is 5.10 Å². The fourth-order valence-corrected chi connectivity index (χ4v) is 3.52. The van der Waals surface area contributed by atoms with Crippen LogP contribution in [0.3, 0.4) is 0 Å². The highest BCUT2D eigenvalue weighted by molar-refractivity contribution is 5.77. The van der Waals surface area contributed by atoms with Gasteiger partial charge < -0.3 is 10.6 Å². The van der Waals surface area contributed by atoms with Crippen LogP contribution in [0.15, 0.2) is 42.7 Å². The van der Waals surface area contributed by atoms with Crippen LogP contribution in [-0.2, 0) is 11.2 Å². The molecule has 128 valence electrons. The molecule has 1 aromatic heterocycles. The summed E-state index contributed by atoms with van der Waals surface area (Å²) in [4.78, 5) is 14.6. The number of carbonyl (C=O) groups excluding carboxylic acids is 1. The Morgan fingerprint density at radius 3 is 2.88 bits per heavy atom. The molecule has 2 aromatic rings. The van der Waals surface area contributed by atoms with Gasteiger partial charge in [-0.1, -0.05) is 25.1 Å². The van der Waals surface area contributed by atoms with E-state index in [1.54, 1.807) is 0 Å². The SMILES string of the molecule is C[C@H]1CCCN(C(=O)CCc2cnn(-c3ccccc3)c2)[C@H]1CN. The van der Waals surface area contributed by atoms with E-state index in [4.69, 9.17) is 5.73 Å². The van der Waals surface area contributed by atoms with E-state index in [9.17, 15) is 4.79 Å². The second-order valence-electron chi connectivity index (χ2n) is 6.64. The van der Waals surface area contributed by atoms with E-state index < -0.39 is 0 Å². The number of aryl methyl sites for hydroxylation is 1. The molecule has 1 saturated heterocycles. The number of nitrogens with two attached hydrogens (primary N) is 1. The molecule has 5 heteroatoms. The van der Waals surface area contributed by atoms with Gasteiger partial charge in [-0.25, -0.2) is 4.68 Å². The lowest BCUT2D eigenvalue weighted by molar-refractivity contribution is -0.136. The molecule has 0 spiro atoms. The van der Waals surface area contributed by atoms with Crippen LogP contribution in [0, 0.1) is 5.92 Å². The zero-order chi connectivity index (χ0) is 16.9. The third-order valence-corrected chi connectivity index (χ3v) is 4.96. The first-order chi connectivity index (χ1) is 11.7. The lowest BCUT2D eigenvalue weighted by Crippen LogP contribution is -2.51. The molecule has 1 amide bonds. The number of para-hydroxylation sites is 1. The van der Waals surface area contributed by atoms with Crippen molar-refractivity contribution in [3.8, 4) is 5.69 Å². The highest BCUT2D eigenvalue weighted by atomic mass is 16.2. The Balaban J connectivity index is 1.59. The number of nitrogens with zero attached hydrogens (tertiary/aromatic N) is 3. The van der Waals surface area contributed by atoms with Gasteiger partial charge in [-0.15, -0.1) is 0 Å². The summed E-state index contributed by atoms with van der Waals surface area (Å²) in [6, 6.07) is 10.2. The van der Waals surface area contributed by atoms with Gasteiger partial charge in [-0.3, -0.25) is 4.79 Å². The number of benzene rings is 1. The molecule has 2 atom stereocenters. The number of piperidine rings is 1. The van der Waals surface area contributed by atoms with E-state index in [1.807, 2.05) is 52.3 Å². The molecule has 5 nitrogen and oxygen atoms in total. The van der Waals surface area contributed by atoms with Crippen molar-refractivity contribution >= 4 is 5.91 Å². The van der Waals surface area contributed by atoms with Crippen molar-refractivity contribution in [3.63, 3.8) is 0 Å². The summed E-state index contributed by atoms with van der Waals surface area (Å²) < 4.78 is 1.85. The number of likely N-dealkylation sites (tertiary alicyclic amines) is 1. The smallest absolute Gasteiger partial charge is 0.223 e. The summed E-state index contributed by atoms with van der Waals surface area (Å²) in [6.45, 7) is 3.59. The van der Waals surface area contributed by atoms with Gasteiger partial charge in [0, 0.05) is 31.7 Å². The minimum Gasteiger partial charge on any atom is -0.338 e. The first-order valence-corrected chi connectivity index (χ1v) is 8.77. The Morgan fingerprint density at radius 2 is 2.12 bits per heavy atom. The van der Waals surface area contributed by atoms with E-state index in [-0.39, 0.29) is 11.9 Å². The van der Waals surface area contributed by atoms with Gasteiger partial charge in [-0.05, 0) is 42.9 Å². The summed E-state index contributed by atoms with van der Waals surface area (Å²) in [6.07, 6.45) is 7.32. The first kappa shape index (κ1) is 16.7. The summed E-state index contributed by atoms with van der Waals surface area (Å²) in [5, 5.41) is 4.39. The van der Waals surface area contributed by atoms with Crippen molar-refractivity contribution < 1.29 is 4.79 Å². The van der Waals surface area contributed by atoms with Crippen LogP contribution in [0.5, 0.6) is 0 Å². The Bertz CT molecular complexity index is 667. The predicted octanol–water partition coefficient (Wildman–Crippen LogP) is 2.39. The molecule has 1 aromatic carbocycles. The number of aromatic nitrogens is 2. The molecule has 2 N–H and O–H groups in total. The van der Waals surface area contributed by atoms with Gasteiger partial charge in [0.1, 0.15) is 0 Å². The molecular weight excluding hydrogens is 300 g/mol. The molecule has 0 aliphatic carbocycles. The highest BCUT2D eigenvalue weighted by Gasteiger charge is 2.30. The van der Waals surface area contributed by atoms with Crippen LogP contribution in [0.1, 0.15) is 31.7 Å². The first-order valence-electron chi connectivity index (χ1n) is 8.77. The second kappa shape index (κ2) is 7.62. The minimum absolute atomic E-state index is 0.193. The summed E-state index contributed by atoms with van der Waals surface area (Å²) >= 11 is 0. The number of carbonyl (C=O) groups is 1. The molecule has 24 heavy (non-hydrogen) atoms. The Hall–Kier alpha value is -2.14. The van der Waals surface area contributed by atoms with Gasteiger partial charge in [0.25, 0.3) is 0 Å². The van der Waals surface area contributed by atoms with Gasteiger partial charge in [0.05, 0.1) is 11.9 Å². The maximum atomic E-state index is 12.6. The Labute approximate surface area is 143 Å². The van der Waals surface area contributed by atoms with Crippen LogP contribution >= 0.6 is 0 Å². The third-order valence-electron chi connectivity index (χ3n) is 4.96. The normalized spacial score (nSPS) is 21.0. The van der Waals surface area contributed by atoms with Gasteiger partial charge in [0.15, 0.2) is 0 Å². The van der Waals surface area contributed by atoms with E-state index >= 15 is 0 Å². The van der Waals surface area contributed by atoms with E-state index in [2.05, 4.69) is 12.0 Å². The topological polar surface area (TPSA) is 64.2 Å². The maximum Gasteiger partial charge on any atom is 0.223 e. The van der Waals surface area contributed by atoms with Crippen molar-refractivity contribution in [2.24, 2.45) is 11.7 Å². The lowest BCUT2D eigenvalue weighted by Gasteiger charge is -2.39. The molecule has 0 radical (unpaired) electrons. The van der Waals surface area contributed by atoms with Crippen LogP contribution in [0.25, 0.3) is 5.69 Å². The molecule has 0 saturated carbocycles. The van der Waals surface area contributed by atoms with Crippen molar-refractivity contribution in [1.82, 2.24) is 14.7 Å². The molecular formula is C19H26N4O. The van der Waals surface area contributed by atoms with Crippen molar-refractivity contribution in [1.29, 1.82) is 0 Å². The van der Waals surface area contributed by atoms with E-state index in [1.165, 1.54) is 0 Å². The largest absolute Gasteiger partial charge is 0.338 e. The zero-order valence-electron chi connectivity index (χ0n) is 14.3. The number of hydrogen-bond donors (Lipinski definition) is 1. The maximum absolute atomic E-state index is 12.6. The third kappa shape index (κ3) is 3.67. The van der Waals surface area contributed by atoms with Crippen molar-refractivity contribution in [2.75, 3.05) is 13.1 Å². The second-order valence-corrected chi connectivity index (χ2v) is 6.64. The van der Waals surface area contributed by atoms with Crippen molar-refractivity contribution in [3.05, 3.63) is 48.3 Å². The fourth-order valence-electron chi connectivity index (χ4n) is 3.52. The molecule has 0 bridgehead atoms. The molecule has 1 aliphatic rings. The monoisotopic (exact) mass is 326 g/mol. The van der Waals surface area contributed by atoms with E-state index in [0.29, 0.717) is 25.3 Å². The molecule has 1 fully saturated rings. The fraction of sp³-hybridized carbons (Fsp3) is 0.474. The van der Waals surface area contributed by atoms with Crippen LogP contribution in [-0.4, -0.2) is 39.7 Å². The lowest BCUT2D eigenvalue weighted by atomic mass is 9.90. The van der Waals surface area contributed by atoms with Gasteiger partial charge in [0.2, 0.25) is 5.91 Å². The Morgan fingerprint density at radius 1 is 1.33 bits per heavy atom. The standard InChI is InChI=1S/C19H26N4O/c1-15-6-5-11-22(18(15)12-20)19(24)10-9-16-13-21-23(14-16)17-7-3-2-4-8-17/h2-4,7-8,13-15,18H,5-6,9-12,20H2,1H3/t15-,18-/m0/s1. The quantitative estimate of drug-likeness (QED) is 0.917. The van der Waals surface area contributed by atoms with Gasteiger partial charge >= 0.3 is 0 Å². The zero-order valence-corrected chi connectivity index (χ0v) is 14.3. The Kier molecular flexibility index (Phi) is 5.30.